The number of anilines is 1. The minimum Gasteiger partial charge on any atom is -0.342 e. The van der Waals surface area contributed by atoms with Gasteiger partial charge in [-0.05, 0) is 42.9 Å². The summed E-state index contributed by atoms with van der Waals surface area (Å²) in [6, 6.07) is 6.11. The van der Waals surface area contributed by atoms with E-state index in [0.717, 1.165) is 19.4 Å². The fraction of sp³-hybridized carbons (Fsp3) is 0.556. The van der Waals surface area contributed by atoms with Crippen molar-refractivity contribution in [2.75, 3.05) is 24.5 Å². The Labute approximate surface area is 158 Å². The average molecular weight is 392 g/mol. The van der Waals surface area contributed by atoms with E-state index in [-0.39, 0.29) is 35.7 Å². The van der Waals surface area contributed by atoms with Crippen LogP contribution in [0, 0.1) is 17.8 Å². The number of nitrogens with zero attached hydrogens (tertiary/aromatic N) is 2. The van der Waals surface area contributed by atoms with Crippen LogP contribution in [0.4, 0.5) is 5.69 Å². The van der Waals surface area contributed by atoms with Crippen LogP contribution in [0.5, 0.6) is 0 Å². The number of hydrogen-bond donors (Lipinski definition) is 2. The van der Waals surface area contributed by atoms with Crippen molar-refractivity contribution in [3.63, 3.8) is 0 Å². The molecule has 0 aromatic heterocycles. The van der Waals surface area contributed by atoms with Crippen LogP contribution in [0.2, 0.25) is 0 Å². The Hall–Kier alpha value is -1.97. The third-order valence-corrected chi connectivity index (χ3v) is 7.07. The fourth-order valence-electron chi connectivity index (χ4n) is 4.70. The summed E-state index contributed by atoms with van der Waals surface area (Å²) in [5, 5.41) is 5.17. The van der Waals surface area contributed by atoms with Crippen LogP contribution < -0.4 is 15.8 Å². The molecule has 146 valence electrons. The Morgan fingerprint density at radius 1 is 1.15 bits per heavy atom. The Morgan fingerprint density at radius 3 is 2.63 bits per heavy atom. The zero-order valence-electron chi connectivity index (χ0n) is 15.0. The molecule has 0 radical (unpaired) electrons. The first kappa shape index (κ1) is 18.4. The molecule has 1 aliphatic carbocycles. The molecule has 2 saturated heterocycles. The molecule has 2 heterocycles. The molecule has 0 spiro atoms. The van der Waals surface area contributed by atoms with Gasteiger partial charge in [-0.3, -0.25) is 9.59 Å². The maximum Gasteiger partial charge on any atom is 0.238 e. The number of likely N-dealkylation sites (tertiary alicyclic amines) is 1. The van der Waals surface area contributed by atoms with Crippen LogP contribution in [-0.2, 0) is 19.6 Å². The number of nitrogens with two attached hydrogens (primary N) is 2. The summed E-state index contributed by atoms with van der Waals surface area (Å²) in [5.74, 6) is 0.244. The molecular formula is C18H24N4O4S. The minimum atomic E-state index is -3.85. The number of primary sulfonamides is 1. The first-order valence-electron chi connectivity index (χ1n) is 9.21. The minimum absolute atomic E-state index is 0.00458. The summed E-state index contributed by atoms with van der Waals surface area (Å²) in [5.41, 5.74) is 6.59. The standard InChI is InChI=1S/C18H24N4O4S/c19-16-5-4-11-8-21(10-15(11)16)18(24)12-6-17(23)22(9-12)13-2-1-3-14(7-13)27(20,25)26/h1-3,7,11-12,15-16H,4-6,8-10,19H2,(H2,20,25,26). The van der Waals surface area contributed by atoms with Gasteiger partial charge in [-0.15, -0.1) is 0 Å². The quantitative estimate of drug-likeness (QED) is 0.742. The van der Waals surface area contributed by atoms with Gasteiger partial charge in [0.2, 0.25) is 21.8 Å². The average Bonchev–Trinajstić information content (AvgIpc) is 3.30. The summed E-state index contributed by atoms with van der Waals surface area (Å²) < 4.78 is 23.1. The number of amides is 2. The van der Waals surface area contributed by atoms with Gasteiger partial charge in [0.15, 0.2) is 0 Å². The zero-order chi connectivity index (χ0) is 19.3. The number of hydrogen-bond acceptors (Lipinski definition) is 5. The molecule has 27 heavy (non-hydrogen) atoms. The van der Waals surface area contributed by atoms with Gasteiger partial charge in [-0.25, -0.2) is 13.6 Å². The van der Waals surface area contributed by atoms with Gasteiger partial charge in [-0.1, -0.05) is 6.07 Å². The smallest absolute Gasteiger partial charge is 0.238 e. The molecule has 0 bridgehead atoms. The van der Waals surface area contributed by atoms with Crippen LogP contribution in [0.25, 0.3) is 0 Å². The van der Waals surface area contributed by atoms with Crippen LogP contribution in [-0.4, -0.2) is 50.8 Å². The molecule has 8 nitrogen and oxygen atoms in total. The normalized spacial score (nSPS) is 30.8. The molecule has 3 fully saturated rings. The summed E-state index contributed by atoms with van der Waals surface area (Å²) in [7, 11) is -3.85. The van der Waals surface area contributed by atoms with Gasteiger partial charge in [0.05, 0.1) is 10.8 Å². The fourth-order valence-corrected chi connectivity index (χ4v) is 5.25. The van der Waals surface area contributed by atoms with Gasteiger partial charge in [-0.2, -0.15) is 0 Å². The first-order valence-corrected chi connectivity index (χ1v) is 10.8. The monoisotopic (exact) mass is 392 g/mol. The molecule has 9 heteroatoms. The van der Waals surface area contributed by atoms with Crippen LogP contribution in [0.3, 0.4) is 0 Å². The zero-order valence-corrected chi connectivity index (χ0v) is 15.8. The predicted molar refractivity (Wildman–Crippen MR) is 99.0 cm³/mol. The van der Waals surface area contributed by atoms with Crippen molar-refractivity contribution in [1.29, 1.82) is 0 Å². The number of benzene rings is 1. The maximum absolute atomic E-state index is 12.9. The molecule has 4 atom stereocenters. The lowest BCUT2D eigenvalue weighted by molar-refractivity contribution is -0.135. The largest absolute Gasteiger partial charge is 0.342 e. The van der Waals surface area contributed by atoms with E-state index in [4.69, 9.17) is 10.9 Å². The third kappa shape index (κ3) is 3.35. The van der Waals surface area contributed by atoms with Gasteiger partial charge < -0.3 is 15.5 Å². The van der Waals surface area contributed by atoms with Crippen LogP contribution in [0.1, 0.15) is 19.3 Å². The van der Waals surface area contributed by atoms with E-state index in [9.17, 15) is 18.0 Å². The highest BCUT2D eigenvalue weighted by molar-refractivity contribution is 7.89. The number of sulfonamides is 1. The number of rotatable bonds is 3. The molecule has 3 aliphatic rings. The van der Waals surface area contributed by atoms with Crippen molar-refractivity contribution < 1.29 is 18.0 Å². The molecule has 1 aromatic carbocycles. The van der Waals surface area contributed by atoms with Crippen molar-refractivity contribution >= 4 is 27.5 Å². The van der Waals surface area contributed by atoms with E-state index in [1.807, 2.05) is 4.90 Å². The van der Waals surface area contributed by atoms with Crippen molar-refractivity contribution in [1.82, 2.24) is 4.90 Å². The van der Waals surface area contributed by atoms with Crippen molar-refractivity contribution in [2.24, 2.45) is 28.6 Å². The summed E-state index contributed by atoms with van der Waals surface area (Å²) in [6.07, 6.45) is 2.22. The van der Waals surface area contributed by atoms with Crippen molar-refractivity contribution in [2.45, 2.75) is 30.2 Å². The molecule has 2 amide bonds. The van der Waals surface area contributed by atoms with E-state index in [0.29, 0.717) is 24.1 Å². The van der Waals surface area contributed by atoms with E-state index in [2.05, 4.69) is 0 Å². The maximum atomic E-state index is 12.9. The molecular weight excluding hydrogens is 368 g/mol. The second-order valence-corrected chi connectivity index (χ2v) is 9.42. The summed E-state index contributed by atoms with van der Waals surface area (Å²) >= 11 is 0. The third-order valence-electron chi connectivity index (χ3n) is 6.16. The highest BCUT2D eigenvalue weighted by Gasteiger charge is 2.45. The second-order valence-electron chi connectivity index (χ2n) is 7.86. The van der Waals surface area contributed by atoms with E-state index < -0.39 is 15.9 Å². The van der Waals surface area contributed by atoms with Crippen LogP contribution in [0.15, 0.2) is 29.2 Å². The van der Waals surface area contributed by atoms with Gasteiger partial charge in [0, 0.05) is 37.8 Å². The number of fused-ring (bicyclic) bond motifs is 1. The Bertz CT molecular complexity index is 887. The van der Waals surface area contributed by atoms with E-state index in [1.54, 1.807) is 12.1 Å². The molecule has 1 aromatic rings. The van der Waals surface area contributed by atoms with Crippen LogP contribution >= 0.6 is 0 Å². The lowest BCUT2D eigenvalue weighted by atomic mass is 9.98. The molecule has 4 unspecified atom stereocenters. The Balaban J connectivity index is 1.47. The number of carbonyl (C=O) groups excluding carboxylic acids is 2. The SMILES string of the molecule is NC1CCC2CN(C(=O)C3CC(=O)N(c4cccc(S(N)(=O)=O)c4)C3)CC12. The molecule has 1 saturated carbocycles. The molecule has 2 aliphatic heterocycles. The molecule has 4 rings (SSSR count). The first-order chi connectivity index (χ1) is 12.7. The van der Waals surface area contributed by atoms with Gasteiger partial charge >= 0.3 is 0 Å². The van der Waals surface area contributed by atoms with E-state index >= 15 is 0 Å². The van der Waals surface area contributed by atoms with Gasteiger partial charge in [0.25, 0.3) is 0 Å². The highest BCUT2D eigenvalue weighted by atomic mass is 32.2. The lowest BCUT2D eigenvalue weighted by Crippen LogP contribution is -2.38. The van der Waals surface area contributed by atoms with Crippen molar-refractivity contribution in [3.05, 3.63) is 24.3 Å². The summed E-state index contributed by atoms with van der Waals surface area (Å²) in [6.45, 7) is 1.66. The molecule has 4 N–H and O–H groups in total. The van der Waals surface area contributed by atoms with E-state index in [1.165, 1.54) is 17.0 Å². The highest BCUT2D eigenvalue weighted by Crippen LogP contribution is 2.38. The predicted octanol–water partition coefficient (Wildman–Crippen LogP) is -0.117. The Morgan fingerprint density at radius 2 is 1.93 bits per heavy atom. The number of carbonyl (C=O) groups is 2. The van der Waals surface area contributed by atoms with Crippen molar-refractivity contribution in [3.8, 4) is 0 Å². The second kappa shape index (κ2) is 6.57. The summed E-state index contributed by atoms with van der Waals surface area (Å²) in [4.78, 5) is 28.7. The van der Waals surface area contributed by atoms with Gasteiger partial charge in [0.1, 0.15) is 0 Å². The topological polar surface area (TPSA) is 127 Å². The Kier molecular flexibility index (Phi) is 4.48. The lowest BCUT2D eigenvalue weighted by Gasteiger charge is -2.22.